The minimum Gasteiger partial charge on any atom is -0.355 e. The van der Waals surface area contributed by atoms with Gasteiger partial charge in [0.2, 0.25) is 5.91 Å². The number of rotatable bonds is 9. The van der Waals surface area contributed by atoms with Crippen LogP contribution >= 0.6 is 0 Å². The molecule has 1 atom stereocenters. The number of carbonyl (C=O) groups excluding carboxylic acids is 1. The van der Waals surface area contributed by atoms with Crippen molar-refractivity contribution in [3.05, 3.63) is 0 Å². The van der Waals surface area contributed by atoms with E-state index in [1.165, 1.54) is 19.3 Å². The molecule has 17 heavy (non-hydrogen) atoms. The molecular weight excluding hydrogens is 214 g/mol. The monoisotopic (exact) mass is 241 g/mol. The Bertz CT molecular complexity index is 229. The third kappa shape index (κ3) is 6.64. The van der Waals surface area contributed by atoms with Crippen LogP contribution in [0.15, 0.2) is 0 Å². The van der Waals surface area contributed by atoms with E-state index in [4.69, 9.17) is 0 Å². The minimum atomic E-state index is 0.128. The molecule has 0 saturated heterocycles. The largest absolute Gasteiger partial charge is 0.355 e. The average molecular weight is 241 g/mol. The molecule has 1 rings (SSSR count). The molecule has 0 bridgehead atoms. The van der Waals surface area contributed by atoms with Gasteiger partial charge in [-0.15, -0.1) is 0 Å². The van der Waals surface area contributed by atoms with Crippen molar-refractivity contribution >= 4 is 5.91 Å². The van der Waals surface area contributed by atoms with Crippen molar-refractivity contribution in [3.8, 4) is 0 Å². The van der Waals surface area contributed by atoms with Gasteiger partial charge in [0.15, 0.2) is 0 Å². The molecule has 4 nitrogen and oxygen atoms in total. The van der Waals surface area contributed by atoms with Gasteiger partial charge in [-0.2, -0.15) is 0 Å². The van der Waals surface area contributed by atoms with E-state index >= 15 is 0 Å². The second kappa shape index (κ2) is 7.67. The van der Waals surface area contributed by atoms with E-state index in [0.717, 1.165) is 25.6 Å². The molecule has 0 aromatic carbocycles. The van der Waals surface area contributed by atoms with Gasteiger partial charge in [-0.3, -0.25) is 4.79 Å². The molecule has 1 unspecified atom stereocenters. The maximum absolute atomic E-state index is 11.4. The van der Waals surface area contributed by atoms with Gasteiger partial charge < -0.3 is 15.5 Å². The van der Waals surface area contributed by atoms with Gasteiger partial charge in [-0.1, -0.05) is 6.92 Å². The van der Waals surface area contributed by atoms with Crippen molar-refractivity contribution in [2.45, 2.75) is 39.2 Å². The number of hydrogen-bond donors (Lipinski definition) is 2. The molecule has 1 amide bonds. The Kier molecular flexibility index (Phi) is 6.52. The van der Waals surface area contributed by atoms with Crippen LogP contribution < -0.4 is 10.6 Å². The molecule has 1 fully saturated rings. The van der Waals surface area contributed by atoms with Gasteiger partial charge in [-0.25, -0.2) is 0 Å². The average Bonchev–Trinajstić information content (AvgIpc) is 3.14. The maximum atomic E-state index is 11.4. The molecule has 1 saturated carbocycles. The van der Waals surface area contributed by atoms with Crippen molar-refractivity contribution in [2.75, 3.05) is 33.2 Å². The predicted octanol–water partition coefficient (Wildman–Crippen LogP) is 0.833. The highest BCUT2D eigenvalue weighted by atomic mass is 16.1. The third-order valence-corrected chi connectivity index (χ3v) is 3.55. The lowest BCUT2D eigenvalue weighted by molar-refractivity contribution is -0.120. The highest BCUT2D eigenvalue weighted by Gasteiger charge is 2.21. The molecule has 0 spiro atoms. The van der Waals surface area contributed by atoms with Gasteiger partial charge in [0.1, 0.15) is 0 Å². The first-order valence-corrected chi connectivity index (χ1v) is 6.81. The van der Waals surface area contributed by atoms with Crippen molar-refractivity contribution in [2.24, 2.45) is 5.92 Å². The molecule has 1 aliphatic rings. The first-order valence-electron chi connectivity index (χ1n) is 6.81. The van der Waals surface area contributed by atoms with E-state index in [9.17, 15) is 4.79 Å². The van der Waals surface area contributed by atoms with E-state index in [1.807, 2.05) is 0 Å². The first kappa shape index (κ1) is 14.5. The van der Waals surface area contributed by atoms with Gasteiger partial charge in [-0.05, 0) is 39.2 Å². The number of carbonyl (C=O) groups is 1. The fraction of sp³-hybridized carbons (Fsp3) is 0.923. The smallest absolute Gasteiger partial charge is 0.233 e. The second-order valence-electron chi connectivity index (χ2n) is 5.16. The van der Waals surface area contributed by atoms with Gasteiger partial charge in [0.05, 0.1) is 6.54 Å². The minimum absolute atomic E-state index is 0.128. The Morgan fingerprint density at radius 2 is 2.18 bits per heavy atom. The van der Waals surface area contributed by atoms with Crippen LogP contribution in [0.1, 0.15) is 33.1 Å². The van der Waals surface area contributed by atoms with Crippen LogP contribution in [0, 0.1) is 5.92 Å². The SMILES string of the molecule is CCC(C)N(C)CCNCC(=O)NCC1CC1. The van der Waals surface area contributed by atoms with Gasteiger partial charge >= 0.3 is 0 Å². The van der Waals surface area contributed by atoms with E-state index < -0.39 is 0 Å². The molecule has 0 aromatic heterocycles. The summed E-state index contributed by atoms with van der Waals surface area (Å²) in [5, 5.41) is 6.14. The Morgan fingerprint density at radius 3 is 2.76 bits per heavy atom. The predicted molar refractivity (Wildman–Crippen MR) is 71.0 cm³/mol. The van der Waals surface area contributed by atoms with Crippen molar-refractivity contribution in [1.29, 1.82) is 0 Å². The summed E-state index contributed by atoms with van der Waals surface area (Å²) in [6, 6.07) is 0.612. The lowest BCUT2D eigenvalue weighted by Gasteiger charge is -2.23. The topological polar surface area (TPSA) is 44.4 Å². The molecular formula is C13H27N3O. The Balaban J connectivity index is 1.93. The lowest BCUT2D eigenvalue weighted by Crippen LogP contribution is -2.39. The normalized spacial score (nSPS) is 17.2. The fourth-order valence-electron chi connectivity index (χ4n) is 1.63. The third-order valence-electron chi connectivity index (χ3n) is 3.55. The van der Waals surface area contributed by atoms with Crippen molar-refractivity contribution in [3.63, 3.8) is 0 Å². The van der Waals surface area contributed by atoms with E-state index in [1.54, 1.807) is 0 Å². The summed E-state index contributed by atoms with van der Waals surface area (Å²) in [5.74, 6) is 0.888. The van der Waals surface area contributed by atoms with Crippen LogP contribution in [-0.4, -0.2) is 50.1 Å². The van der Waals surface area contributed by atoms with Crippen molar-refractivity contribution in [1.82, 2.24) is 15.5 Å². The Morgan fingerprint density at radius 1 is 1.47 bits per heavy atom. The van der Waals surface area contributed by atoms with E-state index in [2.05, 4.69) is 36.4 Å². The van der Waals surface area contributed by atoms with Crippen LogP contribution in [0.3, 0.4) is 0 Å². The maximum Gasteiger partial charge on any atom is 0.233 e. The lowest BCUT2D eigenvalue weighted by atomic mass is 10.2. The molecule has 0 aliphatic heterocycles. The molecule has 1 aliphatic carbocycles. The zero-order chi connectivity index (χ0) is 12.7. The standard InChI is InChI=1S/C13H27N3O/c1-4-11(2)16(3)8-7-14-10-13(17)15-9-12-5-6-12/h11-12,14H,4-10H2,1-3H3,(H,15,17). The van der Waals surface area contributed by atoms with E-state index in [0.29, 0.717) is 12.6 Å². The van der Waals surface area contributed by atoms with Gasteiger partial charge in [0.25, 0.3) is 0 Å². The second-order valence-corrected chi connectivity index (χ2v) is 5.16. The number of amides is 1. The summed E-state index contributed by atoms with van der Waals surface area (Å²) in [5.41, 5.74) is 0. The van der Waals surface area contributed by atoms with Gasteiger partial charge in [0, 0.05) is 25.7 Å². The summed E-state index contributed by atoms with van der Waals surface area (Å²) in [4.78, 5) is 13.7. The zero-order valence-corrected chi connectivity index (χ0v) is 11.5. The summed E-state index contributed by atoms with van der Waals surface area (Å²) in [6.07, 6.45) is 3.74. The first-order chi connectivity index (χ1) is 8.13. The number of hydrogen-bond acceptors (Lipinski definition) is 3. The molecule has 100 valence electrons. The van der Waals surface area contributed by atoms with Crippen LogP contribution in [-0.2, 0) is 4.79 Å². The van der Waals surface area contributed by atoms with Crippen LogP contribution in [0.5, 0.6) is 0 Å². The fourth-order valence-corrected chi connectivity index (χ4v) is 1.63. The van der Waals surface area contributed by atoms with E-state index in [-0.39, 0.29) is 5.91 Å². The summed E-state index contributed by atoms with van der Waals surface area (Å²) < 4.78 is 0. The quantitative estimate of drug-likeness (QED) is 0.588. The molecule has 4 heteroatoms. The Labute approximate surface area is 105 Å². The number of nitrogens with zero attached hydrogens (tertiary/aromatic N) is 1. The zero-order valence-electron chi connectivity index (χ0n) is 11.5. The summed E-state index contributed by atoms with van der Waals surface area (Å²) in [7, 11) is 2.13. The highest BCUT2D eigenvalue weighted by Crippen LogP contribution is 2.27. The van der Waals surface area contributed by atoms with Crippen LogP contribution in [0.25, 0.3) is 0 Å². The molecule has 0 aromatic rings. The van der Waals surface area contributed by atoms with Crippen LogP contribution in [0.2, 0.25) is 0 Å². The summed E-state index contributed by atoms with van der Waals surface area (Å²) in [6.45, 7) is 7.60. The number of nitrogens with one attached hydrogen (secondary N) is 2. The summed E-state index contributed by atoms with van der Waals surface area (Å²) >= 11 is 0. The van der Waals surface area contributed by atoms with Crippen LogP contribution in [0.4, 0.5) is 0 Å². The highest BCUT2D eigenvalue weighted by molar-refractivity contribution is 5.77. The molecule has 2 N–H and O–H groups in total. The Hall–Kier alpha value is -0.610. The molecule has 0 heterocycles. The molecule has 0 radical (unpaired) electrons. The van der Waals surface area contributed by atoms with Crippen molar-refractivity contribution < 1.29 is 4.79 Å². The number of likely N-dealkylation sites (N-methyl/N-ethyl adjacent to an activating group) is 1.